The molecular formula is C17H20AsN3OS. The Hall–Kier alpha value is -1.45. The Morgan fingerprint density at radius 3 is 2.61 bits per heavy atom. The quantitative estimate of drug-likeness (QED) is 0.645. The third-order valence-corrected chi connectivity index (χ3v) is 7.07. The fraction of sp³-hybridized carbons (Fsp3) is 0.353. The van der Waals surface area contributed by atoms with Crippen molar-refractivity contribution in [1.29, 1.82) is 0 Å². The maximum absolute atomic E-state index is 13.1. The van der Waals surface area contributed by atoms with Gasteiger partial charge >= 0.3 is 148 Å². The summed E-state index contributed by atoms with van der Waals surface area (Å²) in [5.74, 6) is 1.32. The van der Waals surface area contributed by atoms with E-state index in [1.54, 1.807) is 16.9 Å². The summed E-state index contributed by atoms with van der Waals surface area (Å²) in [7, 11) is 0. The standard InChI is InChI=1S/C17H20AsN3OS/c1-10(2)14(18)15-19-16-13(11(3)20-23-16)17(22)21(15)9-12-7-5-4-6-8-12/h4-8,10,14H,9,18H2,1-3H3. The van der Waals surface area contributed by atoms with Gasteiger partial charge in [-0.15, -0.1) is 0 Å². The minimum absolute atomic E-state index is 0.0309. The molecule has 0 amide bonds. The summed E-state index contributed by atoms with van der Waals surface area (Å²) in [6, 6.07) is 10.1. The van der Waals surface area contributed by atoms with Crippen LogP contribution in [0.5, 0.6) is 0 Å². The molecule has 0 radical (unpaired) electrons. The van der Waals surface area contributed by atoms with Gasteiger partial charge in [0.2, 0.25) is 0 Å². The molecule has 2 heterocycles. The van der Waals surface area contributed by atoms with E-state index < -0.39 is 0 Å². The SMILES string of the molecule is Cc1nsc2nc(C([AsH2])C(C)C)n(Cc3ccccc3)c(=O)c12. The summed E-state index contributed by atoms with van der Waals surface area (Å²) in [5, 5.41) is 0.665. The van der Waals surface area contributed by atoms with Gasteiger partial charge in [-0.3, -0.25) is 0 Å². The Labute approximate surface area is 148 Å². The zero-order valence-electron chi connectivity index (χ0n) is 13.5. The van der Waals surface area contributed by atoms with Gasteiger partial charge in [0, 0.05) is 0 Å². The maximum atomic E-state index is 13.1. The molecule has 0 aliphatic rings. The van der Waals surface area contributed by atoms with Gasteiger partial charge in [0.05, 0.1) is 0 Å². The number of aryl methyl sites for hydroxylation is 1. The van der Waals surface area contributed by atoms with Crippen molar-refractivity contribution in [2.45, 2.75) is 32.0 Å². The van der Waals surface area contributed by atoms with E-state index in [4.69, 9.17) is 4.98 Å². The van der Waals surface area contributed by atoms with Crippen LogP contribution < -0.4 is 5.56 Å². The molecule has 1 aromatic carbocycles. The number of benzene rings is 1. The number of rotatable bonds is 4. The number of aromatic nitrogens is 3. The average molecular weight is 389 g/mol. The van der Waals surface area contributed by atoms with Crippen molar-refractivity contribution in [1.82, 2.24) is 13.9 Å². The van der Waals surface area contributed by atoms with Crippen LogP contribution in [-0.2, 0) is 6.54 Å². The number of hydrogen-bond acceptors (Lipinski definition) is 4. The van der Waals surface area contributed by atoms with Crippen LogP contribution in [0.1, 0.15) is 35.6 Å². The van der Waals surface area contributed by atoms with Gasteiger partial charge in [0.1, 0.15) is 0 Å². The zero-order valence-corrected chi connectivity index (χ0v) is 16.7. The van der Waals surface area contributed by atoms with E-state index in [1.165, 1.54) is 11.5 Å². The van der Waals surface area contributed by atoms with E-state index in [1.807, 2.05) is 41.8 Å². The van der Waals surface area contributed by atoms with Crippen LogP contribution in [0.15, 0.2) is 35.1 Å². The molecule has 0 fully saturated rings. The molecule has 0 spiro atoms. The second kappa shape index (κ2) is 6.58. The first-order valence-corrected chi connectivity index (χ1v) is 9.82. The van der Waals surface area contributed by atoms with Crippen LogP contribution in [0.4, 0.5) is 0 Å². The summed E-state index contributed by atoms with van der Waals surface area (Å²) >= 11 is 2.93. The van der Waals surface area contributed by atoms with Crippen LogP contribution >= 0.6 is 11.5 Å². The first-order valence-electron chi connectivity index (χ1n) is 7.65. The first kappa shape index (κ1) is 16.4. The van der Waals surface area contributed by atoms with Crippen molar-refractivity contribution in [2.75, 3.05) is 0 Å². The normalized spacial score (nSPS) is 12.9. The fourth-order valence-corrected chi connectivity index (χ4v) is 3.86. The Kier molecular flexibility index (Phi) is 4.69. The topological polar surface area (TPSA) is 47.8 Å². The first-order chi connectivity index (χ1) is 11.0. The van der Waals surface area contributed by atoms with E-state index in [9.17, 15) is 4.79 Å². The van der Waals surface area contributed by atoms with Crippen LogP contribution in [0.2, 0.25) is 0 Å². The van der Waals surface area contributed by atoms with Gasteiger partial charge in [-0.25, -0.2) is 0 Å². The van der Waals surface area contributed by atoms with Crippen LogP contribution in [0.3, 0.4) is 0 Å². The van der Waals surface area contributed by atoms with E-state index in [2.05, 4.69) is 18.2 Å². The Balaban J connectivity index is 2.23. The van der Waals surface area contributed by atoms with Gasteiger partial charge in [-0.2, -0.15) is 0 Å². The molecule has 0 bridgehead atoms. The molecule has 120 valence electrons. The molecular weight excluding hydrogens is 369 g/mol. The molecule has 0 aliphatic carbocycles. The second-order valence-electron chi connectivity index (χ2n) is 6.06. The fourth-order valence-electron chi connectivity index (χ4n) is 2.56. The number of fused-ring (bicyclic) bond motifs is 1. The summed E-state index contributed by atoms with van der Waals surface area (Å²) < 4.78 is 6.43. The molecule has 0 aliphatic heterocycles. The summed E-state index contributed by atoms with van der Waals surface area (Å²) in [5.41, 5.74) is 1.92. The van der Waals surface area contributed by atoms with Crippen molar-refractivity contribution in [2.24, 2.45) is 5.92 Å². The van der Waals surface area contributed by atoms with Crippen molar-refractivity contribution in [3.63, 3.8) is 0 Å². The minimum atomic E-state index is 0.0309. The van der Waals surface area contributed by atoms with E-state index in [0.717, 1.165) is 21.9 Å². The third-order valence-electron chi connectivity index (χ3n) is 4.00. The predicted molar refractivity (Wildman–Crippen MR) is 98.1 cm³/mol. The Bertz CT molecular complexity index is 886. The molecule has 4 nitrogen and oxygen atoms in total. The third kappa shape index (κ3) is 3.13. The molecule has 3 rings (SSSR count). The average Bonchev–Trinajstić information content (AvgIpc) is 2.91. The molecule has 0 saturated carbocycles. The van der Waals surface area contributed by atoms with Crippen LogP contribution in [0, 0.1) is 12.8 Å². The molecule has 0 N–H and O–H groups in total. The van der Waals surface area contributed by atoms with E-state index in [-0.39, 0.29) is 10.3 Å². The van der Waals surface area contributed by atoms with E-state index >= 15 is 0 Å². The number of nitrogens with zero attached hydrogens (tertiary/aromatic N) is 3. The Morgan fingerprint density at radius 1 is 1.26 bits per heavy atom. The van der Waals surface area contributed by atoms with Crippen LogP contribution in [0.25, 0.3) is 10.2 Å². The molecule has 6 heteroatoms. The molecule has 2 unspecified atom stereocenters. The monoisotopic (exact) mass is 389 g/mol. The van der Waals surface area contributed by atoms with Gasteiger partial charge in [0.25, 0.3) is 0 Å². The van der Waals surface area contributed by atoms with E-state index in [0.29, 0.717) is 17.8 Å². The summed E-state index contributed by atoms with van der Waals surface area (Å²) in [4.78, 5) is 18.6. The molecule has 0 saturated heterocycles. The van der Waals surface area contributed by atoms with Gasteiger partial charge in [-0.1, -0.05) is 0 Å². The van der Waals surface area contributed by atoms with Gasteiger partial charge in [0.15, 0.2) is 0 Å². The molecule has 23 heavy (non-hydrogen) atoms. The number of hydrogen-bond donors (Lipinski definition) is 0. The molecule has 2 aromatic heterocycles. The second-order valence-corrected chi connectivity index (χ2v) is 8.32. The summed E-state index contributed by atoms with van der Waals surface area (Å²) in [6.07, 6.45) is 0. The Morgan fingerprint density at radius 2 is 1.96 bits per heavy atom. The van der Waals surface area contributed by atoms with Gasteiger partial charge < -0.3 is 0 Å². The van der Waals surface area contributed by atoms with Crippen molar-refractivity contribution >= 4 is 38.6 Å². The van der Waals surface area contributed by atoms with Crippen molar-refractivity contribution in [3.05, 3.63) is 57.8 Å². The van der Waals surface area contributed by atoms with Gasteiger partial charge in [-0.05, 0) is 0 Å². The molecule has 3 aromatic rings. The predicted octanol–water partition coefficient (Wildman–Crippen LogP) is 2.54. The van der Waals surface area contributed by atoms with Crippen molar-refractivity contribution < 1.29 is 0 Å². The summed E-state index contributed by atoms with van der Waals surface area (Å²) in [6.45, 7) is 6.78. The molecule has 2 atom stereocenters. The van der Waals surface area contributed by atoms with Crippen molar-refractivity contribution in [3.8, 4) is 0 Å². The van der Waals surface area contributed by atoms with Crippen LogP contribution in [-0.4, -0.2) is 30.8 Å². The zero-order chi connectivity index (χ0) is 16.6.